The number of alkyl halides is 2. The molecule has 1 aliphatic heterocycles. The highest BCUT2D eigenvalue weighted by atomic mass is 19.3. The normalized spacial score (nSPS) is 23.9. The summed E-state index contributed by atoms with van der Waals surface area (Å²) in [5.74, 6) is -2.89. The number of hydrogen-bond donors (Lipinski definition) is 1. The lowest BCUT2D eigenvalue weighted by Crippen LogP contribution is -2.40. The third-order valence-corrected chi connectivity index (χ3v) is 2.47. The van der Waals surface area contributed by atoms with E-state index in [0.717, 1.165) is 4.90 Å². The van der Waals surface area contributed by atoms with Crippen molar-refractivity contribution in [3.63, 3.8) is 0 Å². The topological polar surface area (TPSA) is 49.8 Å². The number of aliphatic hydroxyl groups is 1. The van der Waals surface area contributed by atoms with Gasteiger partial charge >= 0.3 is 6.09 Å². The Labute approximate surface area is 99.5 Å². The molecule has 0 aromatic carbocycles. The zero-order valence-electron chi connectivity index (χ0n) is 10.4. The van der Waals surface area contributed by atoms with Crippen LogP contribution in [0.4, 0.5) is 13.6 Å². The van der Waals surface area contributed by atoms with Gasteiger partial charge in [-0.2, -0.15) is 0 Å². The number of carbonyl (C=O) groups excluding carboxylic acids is 1. The van der Waals surface area contributed by atoms with E-state index in [9.17, 15) is 13.6 Å². The minimum Gasteiger partial charge on any atom is -0.444 e. The second-order valence-corrected chi connectivity index (χ2v) is 5.33. The highest BCUT2D eigenvalue weighted by molar-refractivity contribution is 5.69. The molecule has 1 rings (SSSR count). The van der Waals surface area contributed by atoms with Gasteiger partial charge in [0, 0.05) is 19.1 Å². The van der Waals surface area contributed by atoms with Crippen molar-refractivity contribution >= 4 is 6.09 Å². The molecule has 6 heteroatoms. The van der Waals surface area contributed by atoms with Crippen LogP contribution in [0.3, 0.4) is 0 Å². The number of ether oxygens (including phenoxy) is 1. The molecule has 1 aliphatic rings. The van der Waals surface area contributed by atoms with E-state index in [4.69, 9.17) is 9.84 Å². The van der Waals surface area contributed by atoms with E-state index in [1.807, 2.05) is 0 Å². The quantitative estimate of drug-likeness (QED) is 0.816. The second-order valence-electron chi connectivity index (χ2n) is 5.33. The molecule has 4 nitrogen and oxygen atoms in total. The zero-order chi connectivity index (χ0) is 13.3. The van der Waals surface area contributed by atoms with Crippen molar-refractivity contribution in [2.75, 3.05) is 13.2 Å². The second kappa shape index (κ2) is 4.76. The fraction of sp³-hybridized carbons (Fsp3) is 0.909. The van der Waals surface area contributed by atoms with Gasteiger partial charge in [-0.15, -0.1) is 0 Å². The summed E-state index contributed by atoms with van der Waals surface area (Å²) in [6.07, 6.45) is -1.00. The van der Waals surface area contributed by atoms with Crippen LogP contribution < -0.4 is 0 Å². The van der Waals surface area contributed by atoms with Gasteiger partial charge in [0.2, 0.25) is 0 Å². The van der Waals surface area contributed by atoms with E-state index in [2.05, 4.69) is 0 Å². The van der Waals surface area contributed by atoms with Crippen molar-refractivity contribution in [1.29, 1.82) is 0 Å². The predicted octanol–water partition coefficient (Wildman–Crippen LogP) is 2.01. The summed E-state index contributed by atoms with van der Waals surface area (Å²) < 4.78 is 31.5. The molecule has 1 amide bonds. The van der Waals surface area contributed by atoms with Crippen LogP contribution in [-0.4, -0.2) is 46.8 Å². The molecular weight excluding hydrogens is 232 g/mol. The van der Waals surface area contributed by atoms with E-state index in [-0.39, 0.29) is 13.0 Å². The van der Waals surface area contributed by atoms with Crippen LogP contribution in [0.1, 0.15) is 33.6 Å². The molecule has 0 aromatic heterocycles. The summed E-state index contributed by atoms with van der Waals surface area (Å²) in [7, 11) is 0. The highest BCUT2D eigenvalue weighted by Crippen LogP contribution is 2.34. The molecule has 17 heavy (non-hydrogen) atoms. The van der Waals surface area contributed by atoms with Crippen molar-refractivity contribution in [3.05, 3.63) is 0 Å². The van der Waals surface area contributed by atoms with Crippen molar-refractivity contribution in [2.45, 2.75) is 51.2 Å². The van der Waals surface area contributed by atoms with Crippen LogP contribution in [0.5, 0.6) is 0 Å². The van der Waals surface area contributed by atoms with Crippen molar-refractivity contribution < 1.29 is 23.4 Å². The number of halogens is 2. The third kappa shape index (κ3) is 4.11. The Kier molecular flexibility index (Phi) is 3.96. The first-order chi connectivity index (χ1) is 7.64. The molecule has 0 aromatic rings. The molecule has 1 N–H and O–H groups in total. The number of hydrogen-bond acceptors (Lipinski definition) is 3. The highest BCUT2D eigenvalue weighted by Gasteiger charge is 2.47. The summed E-state index contributed by atoms with van der Waals surface area (Å²) in [5.41, 5.74) is -0.710. The Morgan fingerprint density at radius 2 is 2.12 bits per heavy atom. The molecule has 0 radical (unpaired) electrons. The number of aliphatic hydroxyl groups excluding tert-OH is 1. The van der Waals surface area contributed by atoms with Gasteiger partial charge in [-0.05, 0) is 27.2 Å². The number of carbonyl (C=O) groups is 1. The molecule has 0 unspecified atom stereocenters. The van der Waals surface area contributed by atoms with Gasteiger partial charge in [0.05, 0.1) is 6.54 Å². The average molecular weight is 251 g/mol. The zero-order valence-corrected chi connectivity index (χ0v) is 10.4. The van der Waals surface area contributed by atoms with Gasteiger partial charge in [0.15, 0.2) is 0 Å². The lowest BCUT2D eigenvalue weighted by Gasteiger charge is -2.27. The first-order valence-electron chi connectivity index (χ1n) is 5.63. The van der Waals surface area contributed by atoms with Gasteiger partial charge in [0.25, 0.3) is 5.92 Å². The molecule has 1 fully saturated rings. The Balaban J connectivity index is 2.70. The van der Waals surface area contributed by atoms with Crippen molar-refractivity contribution in [2.24, 2.45) is 0 Å². The Bertz CT molecular complexity index is 289. The Morgan fingerprint density at radius 1 is 1.53 bits per heavy atom. The Morgan fingerprint density at radius 3 is 2.59 bits per heavy atom. The van der Waals surface area contributed by atoms with E-state index in [1.165, 1.54) is 0 Å². The number of rotatable bonds is 2. The largest absolute Gasteiger partial charge is 0.444 e. The van der Waals surface area contributed by atoms with Gasteiger partial charge in [-0.1, -0.05) is 0 Å². The maximum absolute atomic E-state index is 13.2. The van der Waals surface area contributed by atoms with Crippen LogP contribution in [0.2, 0.25) is 0 Å². The fourth-order valence-corrected chi connectivity index (χ4v) is 1.84. The smallest absolute Gasteiger partial charge is 0.410 e. The molecule has 0 bridgehead atoms. The van der Waals surface area contributed by atoms with Gasteiger partial charge in [-0.3, -0.25) is 4.90 Å². The SMILES string of the molecule is CC(C)(C)OC(=O)N1CC(F)(F)C[C@H]1CCO. The minimum atomic E-state index is -2.89. The number of amides is 1. The third-order valence-electron chi connectivity index (χ3n) is 2.47. The number of nitrogens with zero attached hydrogens (tertiary/aromatic N) is 1. The standard InChI is InChI=1S/C11H19F2NO3/c1-10(2,3)17-9(16)14-7-11(12,13)6-8(14)4-5-15/h8,15H,4-7H2,1-3H3/t8-/m1/s1. The maximum atomic E-state index is 13.2. The van der Waals surface area contributed by atoms with Crippen LogP contribution in [-0.2, 0) is 4.74 Å². The summed E-state index contributed by atoms with van der Waals surface area (Å²) in [6, 6.07) is -0.648. The fourth-order valence-electron chi connectivity index (χ4n) is 1.84. The molecular formula is C11H19F2NO3. The van der Waals surface area contributed by atoms with Crippen LogP contribution in [0, 0.1) is 0 Å². The summed E-state index contributed by atoms with van der Waals surface area (Å²) >= 11 is 0. The van der Waals surface area contributed by atoms with Crippen LogP contribution in [0.25, 0.3) is 0 Å². The molecule has 100 valence electrons. The van der Waals surface area contributed by atoms with E-state index in [0.29, 0.717) is 0 Å². The Hall–Kier alpha value is -0.910. The van der Waals surface area contributed by atoms with E-state index in [1.54, 1.807) is 20.8 Å². The van der Waals surface area contributed by atoms with E-state index >= 15 is 0 Å². The van der Waals surface area contributed by atoms with Crippen LogP contribution >= 0.6 is 0 Å². The summed E-state index contributed by atoms with van der Waals surface area (Å²) in [4.78, 5) is 12.7. The molecule has 1 saturated heterocycles. The summed E-state index contributed by atoms with van der Waals surface area (Å²) in [5, 5.41) is 8.81. The van der Waals surface area contributed by atoms with Crippen molar-refractivity contribution in [3.8, 4) is 0 Å². The minimum absolute atomic E-state index is 0.148. The molecule has 1 atom stereocenters. The first kappa shape index (κ1) is 14.2. The van der Waals surface area contributed by atoms with Gasteiger partial charge in [-0.25, -0.2) is 13.6 Å². The molecule has 0 aliphatic carbocycles. The van der Waals surface area contributed by atoms with Crippen LogP contribution in [0.15, 0.2) is 0 Å². The lowest BCUT2D eigenvalue weighted by atomic mass is 10.1. The van der Waals surface area contributed by atoms with Gasteiger partial charge < -0.3 is 9.84 Å². The molecule has 0 spiro atoms. The number of likely N-dealkylation sites (tertiary alicyclic amines) is 1. The average Bonchev–Trinajstić information content (AvgIpc) is 2.39. The lowest BCUT2D eigenvalue weighted by molar-refractivity contribution is -0.00255. The van der Waals surface area contributed by atoms with Crippen molar-refractivity contribution in [1.82, 2.24) is 4.90 Å². The maximum Gasteiger partial charge on any atom is 0.410 e. The first-order valence-corrected chi connectivity index (χ1v) is 5.63. The van der Waals surface area contributed by atoms with E-state index < -0.39 is 36.6 Å². The summed E-state index contributed by atoms with van der Waals surface area (Å²) in [6.45, 7) is 4.19. The monoisotopic (exact) mass is 251 g/mol. The predicted molar refractivity (Wildman–Crippen MR) is 58.0 cm³/mol. The molecule has 1 heterocycles. The van der Waals surface area contributed by atoms with Gasteiger partial charge in [0.1, 0.15) is 5.60 Å². The molecule has 0 saturated carbocycles.